The van der Waals surface area contributed by atoms with E-state index in [0.717, 1.165) is 29.6 Å². The molecule has 10 nitrogen and oxygen atoms in total. The van der Waals surface area contributed by atoms with Gasteiger partial charge in [0.2, 0.25) is 0 Å². The van der Waals surface area contributed by atoms with Crippen LogP contribution in [0.1, 0.15) is 45.3 Å². The number of amides is 1. The van der Waals surface area contributed by atoms with E-state index in [-0.39, 0.29) is 11.9 Å². The van der Waals surface area contributed by atoms with Gasteiger partial charge in [-0.05, 0) is 25.8 Å². The minimum atomic E-state index is -0.993. The molecule has 174 valence electrons. The van der Waals surface area contributed by atoms with Crippen LogP contribution in [0.4, 0.5) is 0 Å². The number of hydrogen-bond acceptors (Lipinski definition) is 7. The second-order valence-corrected chi connectivity index (χ2v) is 8.29. The fourth-order valence-electron chi connectivity index (χ4n) is 3.98. The van der Waals surface area contributed by atoms with Crippen LogP contribution >= 0.6 is 0 Å². The van der Waals surface area contributed by atoms with Crippen LogP contribution in [-0.4, -0.2) is 71.7 Å². The Balaban J connectivity index is 1.59. The highest BCUT2D eigenvalue weighted by Crippen LogP contribution is 2.26. The monoisotopic (exact) mass is 450 g/mol. The van der Waals surface area contributed by atoms with Gasteiger partial charge in [-0.3, -0.25) is 14.5 Å². The van der Waals surface area contributed by atoms with Gasteiger partial charge in [-0.2, -0.15) is 10.2 Å². The molecule has 0 radical (unpaired) electrons. The molecule has 33 heavy (non-hydrogen) atoms. The summed E-state index contributed by atoms with van der Waals surface area (Å²) >= 11 is 0. The van der Waals surface area contributed by atoms with Crippen LogP contribution in [0.5, 0.6) is 0 Å². The summed E-state index contributed by atoms with van der Waals surface area (Å²) in [5.41, 5.74) is 9.77. The topological polar surface area (TPSA) is 127 Å². The number of likely N-dealkylation sites (tertiary alicyclic amines) is 1. The summed E-state index contributed by atoms with van der Waals surface area (Å²) < 4.78 is 3.77. The molecule has 0 aliphatic carbocycles. The van der Waals surface area contributed by atoms with E-state index in [0.29, 0.717) is 30.4 Å². The van der Waals surface area contributed by atoms with Crippen molar-refractivity contribution in [3.8, 4) is 11.3 Å². The number of carbonyl (C=O) groups excluding carboxylic acids is 1. The summed E-state index contributed by atoms with van der Waals surface area (Å²) in [5.74, 6) is -0.277. The molecule has 0 aromatic carbocycles. The van der Waals surface area contributed by atoms with Crippen molar-refractivity contribution in [1.82, 2.24) is 29.3 Å². The molecule has 1 saturated heterocycles. The van der Waals surface area contributed by atoms with Gasteiger partial charge in [0.1, 0.15) is 6.10 Å². The molecular weight excluding hydrogens is 420 g/mol. The predicted molar refractivity (Wildman–Crippen MR) is 127 cm³/mol. The number of rotatable bonds is 8. The van der Waals surface area contributed by atoms with Crippen LogP contribution in [0.15, 0.2) is 42.0 Å². The van der Waals surface area contributed by atoms with Crippen LogP contribution in [-0.2, 0) is 4.79 Å². The molecule has 3 aromatic rings. The Morgan fingerprint density at radius 1 is 1.30 bits per heavy atom. The Labute approximate surface area is 192 Å². The van der Waals surface area contributed by atoms with E-state index in [1.807, 2.05) is 29.3 Å². The molecule has 3 N–H and O–H groups in total. The maximum Gasteiger partial charge on any atom is 0.251 e. The van der Waals surface area contributed by atoms with Gasteiger partial charge in [-0.1, -0.05) is 13.8 Å². The largest absolute Gasteiger partial charge is 0.404 e. The molecule has 0 saturated carbocycles. The van der Waals surface area contributed by atoms with Crippen molar-refractivity contribution in [3.05, 3.63) is 42.7 Å². The summed E-state index contributed by atoms with van der Waals surface area (Å²) in [5, 5.41) is 18.4. The third kappa shape index (κ3) is 4.51. The molecule has 1 fully saturated rings. The van der Waals surface area contributed by atoms with Gasteiger partial charge in [-0.15, -0.1) is 0 Å². The first-order chi connectivity index (χ1) is 15.9. The molecule has 10 heteroatoms. The molecule has 3 aromatic heterocycles. The van der Waals surface area contributed by atoms with Crippen molar-refractivity contribution in [1.29, 1.82) is 0 Å². The van der Waals surface area contributed by atoms with E-state index in [2.05, 4.69) is 29.0 Å². The number of nitrogens with two attached hydrogens (primary N) is 1. The fraction of sp³-hybridized carbons (Fsp3) is 0.435. The minimum absolute atomic E-state index is 0.0335. The summed E-state index contributed by atoms with van der Waals surface area (Å²) in [6, 6.07) is 2.23. The molecule has 1 aliphatic heterocycles. The molecule has 1 unspecified atom stereocenters. The van der Waals surface area contributed by atoms with Crippen LogP contribution in [0.3, 0.4) is 0 Å². The number of carbonyl (C=O) groups is 1. The van der Waals surface area contributed by atoms with E-state index in [4.69, 9.17) is 10.7 Å². The Bertz CT molecular complexity index is 1180. The SMILES string of the molecule is CCC(CC)n1cc(-c2nc(C(C=NC3CN(C(=O)C(C)O)C3)=CN)cn3nccc23)cn1. The lowest BCUT2D eigenvalue weighted by Crippen LogP contribution is -2.55. The zero-order valence-corrected chi connectivity index (χ0v) is 19.2. The summed E-state index contributed by atoms with van der Waals surface area (Å²) in [6.45, 7) is 6.73. The van der Waals surface area contributed by atoms with Crippen molar-refractivity contribution in [3.63, 3.8) is 0 Å². The maximum atomic E-state index is 11.8. The zero-order chi connectivity index (χ0) is 23.5. The minimum Gasteiger partial charge on any atom is -0.404 e. The Morgan fingerprint density at radius 3 is 2.73 bits per heavy atom. The van der Waals surface area contributed by atoms with E-state index in [1.54, 1.807) is 21.8 Å². The molecule has 0 bridgehead atoms. The van der Waals surface area contributed by atoms with Crippen molar-refractivity contribution in [2.75, 3.05) is 13.1 Å². The van der Waals surface area contributed by atoms with Crippen molar-refractivity contribution < 1.29 is 9.90 Å². The number of aromatic nitrogens is 5. The lowest BCUT2D eigenvalue weighted by molar-refractivity contribution is -0.143. The first-order valence-electron chi connectivity index (χ1n) is 11.3. The maximum absolute atomic E-state index is 11.8. The highest BCUT2D eigenvalue weighted by Gasteiger charge is 2.31. The van der Waals surface area contributed by atoms with Crippen LogP contribution < -0.4 is 5.73 Å². The van der Waals surface area contributed by atoms with Gasteiger partial charge >= 0.3 is 0 Å². The van der Waals surface area contributed by atoms with Gasteiger partial charge in [0.25, 0.3) is 5.91 Å². The number of aliphatic hydroxyl groups is 1. The smallest absolute Gasteiger partial charge is 0.251 e. The highest BCUT2D eigenvalue weighted by atomic mass is 16.3. The molecular formula is C23H30N8O2. The number of hydrogen-bond donors (Lipinski definition) is 2. The molecule has 0 spiro atoms. The summed E-state index contributed by atoms with van der Waals surface area (Å²) in [4.78, 5) is 22.8. The van der Waals surface area contributed by atoms with Gasteiger partial charge < -0.3 is 15.7 Å². The lowest BCUT2D eigenvalue weighted by atomic mass is 10.1. The third-order valence-electron chi connectivity index (χ3n) is 6.01. The lowest BCUT2D eigenvalue weighted by Gasteiger charge is -2.37. The van der Waals surface area contributed by atoms with E-state index in [1.165, 1.54) is 13.1 Å². The van der Waals surface area contributed by atoms with Gasteiger partial charge in [0.15, 0.2) is 0 Å². The number of aliphatic hydroxyl groups excluding tert-OH is 1. The molecule has 4 rings (SSSR count). The first kappa shape index (κ1) is 22.7. The Hall–Kier alpha value is -3.53. The fourth-order valence-corrected chi connectivity index (χ4v) is 3.98. The van der Waals surface area contributed by atoms with E-state index in [9.17, 15) is 9.90 Å². The van der Waals surface area contributed by atoms with Gasteiger partial charge in [0, 0.05) is 42.8 Å². The average Bonchev–Trinajstić information content (AvgIpc) is 3.45. The quantitative estimate of drug-likeness (QED) is 0.505. The van der Waals surface area contributed by atoms with Crippen LogP contribution in [0.2, 0.25) is 0 Å². The van der Waals surface area contributed by atoms with E-state index < -0.39 is 6.10 Å². The zero-order valence-electron chi connectivity index (χ0n) is 19.2. The third-order valence-corrected chi connectivity index (χ3v) is 6.01. The van der Waals surface area contributed by atoms with Crippen molar-refractivity contribution in [2.45, 2.75) is 51.8 Å². The second kappa shape index (κ2) is 9.53. The van der Waals surface area contributed by atoms with Gasteiger partial charge in [-0.25, -0.2) is 9.50 Å². The Morgan fingerprint density at radius 2 is 2.06 bits per heavy atom. The summed E-state index contributed by atoms with van der Waals surface area (Å²) in [6.07, 6.45) is 11.6. The standard InChI is InChI=1S/C23H30N8O2/c1-4-19(5-2)30-11-17(10-27-30)22-21-6-7-26-31(21)14-20(28-22)16(8-24)9-25-18-12-29(13-18)23(33)15(3)32/h6-11,14-15,18-19,32H,4-5,12-13,24H2,1-3H3. The predicted octanol–water partition coefficient (Wildman–Crippen LogP) is 1.92. The molecule has 4 heterocycles. The number of nitrogens with zero attached hydrogens (tertiary/aromatic N) is 7. The van der Waals surface area contributed by atoms with Crippen molar-refractivity contribution in [2.24, 2.45) is 10.7 Å². The molecule has 1 amide bonds. The van der Waals surface area contributed by atoms with Gasteiger partial charge in [0.05, 0.1) is 47.6 Å². The second-order valence-electron chi connectivity index (χ2n) is 8.29. The molecule has 1 atom stereocenters. The first-order valence-corrected chi connectivity index (χ1v) is 11.3. The van der Waals surface area contributed by atoms with E-state index >= 15 is 0 Å². The molecule has 1 aliphatic rings. The normalized spacial score (nSPS) is 16.2. The van der Waals surface area contributed by atoms with Crippen molar-refractivity contribution >= 4 is 23.2 Å². The highest BCUT2D eigenvalue weighted by molar-refractivity contribution is 6.09. The average molecular weight is 451 g/mol. The van der Waals surface area contributed by atoms with Crippen LogP contribution in [0, 0.1) is 0 Å². The number of fused-ring (bicyclic) bond motifs is 1. The Kier molecular flexibility index (Phi) is 6.55. The summed E-state index contributed by atoms with van der Waals surface area (Å²) in [7, 11) is 0. The number of aliphatic imine (C=N–C) groups is 1. The van der Waals surface area contributed by atoms with Crippen LogP contribution in [0.25, 0.3) is 22.3 Å². The number of allylic oxidation sites excluding steroid dienone is 1.